The number of hydrogen-bond donors (Lipinski definition) is 0. The fourth-order valence-electron chi connectivity index (χ4n) is 2.99. The van der Waals surface area contributed by atoms with E-state index in [1.807, 2.05) is 36.4 Å². The Balaban J connectivity index is 2.08. The topological polar surface area (TPSA) is 24.7 Å². The second-order valence-corrected chi connectivity index (χ2v) is 5.38. The van der Waals surface area contributed by atoms with Gasteiger partial charge in [-0.15, -0.1) is 0 Å². The van der Waals surface area contributed by atoms with Gasteiger partial charge in [-0.3, -0.25) is 4.79 Å². The normalized spacial score (nSPS) is 16.5. The van der Waals surface area contributed by atoms with Crippen LogP contribution in [0.3, 0.4) is 0 Å². The molecule has 0 fully saturated rings. The third kappa shape index (κ3) is 2.51. The van der Waals surface area contributed by atoms with Gasteiger partial charge in [0.1, 0.15) is 0 Å². The van der Waals surface area contributed by atoms with E-state index in [-0.39, 0.29) is 11.8 Å². The maximum Gasteiger partial charge on any atom is 0.246 e. The third-order valence-corrected chi connectivity index (χ3v) is 4.08. The minimum absolute atomic E-state index is 0.0696. The highest BCUT2D eigenvalue weighted by atomic mass is 16.2. The van der Waals surface area contributed by atoms with Crippen molar-refractivity contribution >= 4 is 11.6 Å². The highest BCUT2D eigenvalue weighted by Crippen LogP contribution is 2.35. The van der Waals surface area contributed by atoms with Crippen molar-refractivity contribution in [2.75, 3.05) is 6.54 Å². The van der Waals surface area contributed by atoms with Gasteiger partial charge in [0, 0.05) is 19.0 Å². The second kappa shape index (κ2) is 5.87. The van der Waals surface area contributed by atoms with Crippen LogP contribution < -0.4 is 0 Å². The van der Waals surface area contributed by atoms with Crippen LogP contribution in [0.15, 0.2) is 61.2 Å². The number of benzene rings is 2. The van der Waals surface area contributed by atoms with Crippen molar-refractivity contribution in [2.24, 2.45) is 0 Å². The average molecular weight is 288 g/mol. The molecule has 3 nitrogen and oxygen atoms in total. The van der Waals surface area contributed by atoms with E-state index < -0.39 is 0 Å². The van der Waals surface area contributed by atoms with Gasteiger partial charge in [0.25, 0.3) is 0 Å². The number of amides is 1. The predicted octanol–water partition coefficient (Wildman–Crippen LogP) is 3.90. The molecule has 0 aromatic heterocycles. The van der Waals surface area contributed by atoms with E-state index in [1.54, 1.807) is 4.90 Å². The second-order valence-electron chi connectivity index (χ2n) is 5.38. The molecule has 108 valence electrons. The van der Waals surface area contributed by atoms with E-state index in [0.717, 1.165) is 5.56 Å². The molecule has 2 aromatic carbocycles. The van der Waals surface area contributed by atoms with Crippen LogP contribution in [-0.2, 0) is 11.3 Å². The molecule has 1 atom stereocenters. The number of nitrogens with zero attached hydrogens (tertiary/aromatic N) is 2. The van der Waals surface area contributed by atoms with Crippen molar-refractivity contribution in [3.63, 3.8) is 0 Å². The van der Waals surface area contributed by atoms with E-state index in [2.05, 4.69) is 23.6 Å². The summed E-state index contributed by atoms with van der Waals surface area (Å²) in [5.41, 5.74) is 4.04. The molecule has 3 heteroatoms. The van der Waals surface area contributed by atoms with Gasteiger partial charge in [-0.05, 0) is 22.8 Å². The lowest BCUT2D eigenvalue weighted by molar-refractivity contribution is -0.127. The summed E-state index contributed by atoms with van der Waals surface area (Å²) in [6.07, 6.45) is 1.35. The molecule has 0 aliphatic carbocycles. The van der Waals surface area contributed by atoms with Gasteiger partial charge in [0.05, 0.1) is 6.57 Å². The van der Waals surface area contributed by atoms with Crippen molar-refractivity contribution in [3.05, 3.63) is 89.3 Å². The van der Waals surface area contributed by atoms with Crippen LogP contribution in [0.4, 0.5) is 5.69 Å². The molecule has 0 saturated heterocycles. The number of carbonyl (C=O) groups excluding carboxylic acids is 1. The molecular formula is C19H16N2O. The summed E-state index contributed by atoms with van der Waals surface area (Å²) in [6.45, 7) is 11.9. The van der Waals surface area contributed by atoms with Crippen LogP contribution in [-0.4, -0.2) is 17.4 Å². The Bertz CT molecular complexity index is 759. The molecule has 0 radical (unpaired) electrons. The van der Waals surface area contributed by atoms with E-state index >= 15 is 0 Å². The summed E-state index contributed by atoms with van der Waals surface area (Å²) in [6, 6.07) is 15.9. The smallest absolute Gasteiger partial charge is 0.246 e. The van der Waals surface area contributed by atoms with Gasteiger partial charge in [-0.25, -0.2) is 4.85 Å². The van der Waals surface area contributed by atoms with Crippen LogP contribution in [0.1, 0.15) is 22.6 Å². The van der Waals surface area contributed by atoms with E-state index in [9.17, 15) is 4.79 Å². The molecule has 3 rings (SSSR count). The minimum Gasteiger partial charge on any atom is -0.334 e. The number of hydrogen-bond acceptors (Lipinski definition) is 1. The molecule has 1 amide bonds. The van der Waals surface area contributed by atoms with Crippen molar-refractivity contribution in [1.82, 2.24) is 4.90 Å². The largest absolute Gasteiger partial charge is 0.334 e. The van der Waals surface area contributed by atoms with Crippen molar-refractivity contribution in [3.8, 4) is 0 Å². The van der Waals surface area contributed by atoms with E-state index in [1.165, 1.54) is 17.2 Å². The first-order chi connectivity index (χ1) is 10.7. The molecule has 0 saturated carbocycles. The van der Waals surface area contributed by atoms with Crippen molar-refractivity contribution < 1.29 is 4.79 Å². The van der Waals surface area contributed by atoms with Gasteiger partial charge in [0.15, 0.2) is 5.69 Å². The van der Waals surface area contributed by atoms with E-state index in [4.69, 9.17) is 6.57 Å². The Kier molecular flexibility index (Phi) is 3.76. The Morgan fingerprint density at radius 3 is 2.73 bits per heavy atom. The zero-order chi connectivity index (χ0) is 15.5. The molecule has 0 spiro atoms. The first-order valence-corrected chi connectivity index (χ1v) is 7.19. The Morgan fingerprint density at radius 1 is 1.27 bits per heavy atom. The van der Waals surface area contributed by atoms with Crippen LogP contribution in [0.2, 0.25) is 0 Å². The maximum atomic E-state index is 12.1. The lowest BCUT2D eigenvalue weighted by atomic mass is 9.84. The summed E-state index contributed by atoms with van der Waals surface area (Å²) in [5.74, 6) is 0.0634. The fraction of sp³-hybridized carbons (Fsp3) is 0.158. The lowest BCUT2D eigenvalue weighted by Gasteiger charge is -2.34. The molecule has 1 aliphatic heterocycles. The van der Waals surface area contributed by atoms with Gasteiger partial charge < -0.3 is 4.90 Å². The lowest BCUT2D eigenvalue weighted by Crippen LogP contribution is -2.37. The van der Waals surface area contributed by atoms with Crippen molar-refractivity contribution in [1.29, 1.82) is 0 Å². The number of fused-ring (bicyclic) bond motifs is 1. The van der Waals surface area contributed by atoms with Gasteiger partial charge in [-0.2, -0.15) is 0 Å². The average Bonchev–Trinajstić information content (AvgIpc) is 2.60. The molecule has 0 unspecified atom stereocenters. The summed E-state index contributed by atoms with van der Waals surface area (Å²) in [5, 5.41) is 0. The van der Waals surface area contributed by atoms with Gasteiger partial charge in [-0.1, -0.05) is 55.1 Å². The summed E-state index contributed by atoms with van der Waals surface area (Å²) >= 11 is 0. The molecule has 1 aliphatic rings. The zero-order valence-electron chi connectivity index (χ0n) is 12.2. The molecule has 0 N–H and O–H groups in total. The van der Waals surface area contributed by atoms with Crippen LogP contribution in [0.25, 0.3) is 4.85 Å². The highest BCUT2D eigenvalue weighted by Gasteiger charge is 2.28. The summed E-state index contributed by atoms with van der Waals surface area (Å²) < 4.78 is 0. The van der Waals surface area contributed by atoms with Crippen molar-refractivity contribution in [2.45, 2.75) is 12.5 Å². The zero-order valence-corrected chi connectivity index (χ0v) is 12.2. The molecule has 22 heavy (non-hydrogen) atoms. The number of carbonyl (C=O) groups is 1. The van der Waals surface area contributed by atoms with Crippen LogP contribution in [0, 0.1) is 6.57 Å². The first kappa shape index (κ1) is 14.1. The molecule has 2 aromatic rings. The van der Waals surface area contributed by atoms with Crippen LogP contribution >= 0.6 is 0 Å². The molecule has 0 bridgehead atoms. The summed E-state index contributed by atoms with van der Waals surface area (Å²) in [4.78, 5) is 17.3. The van der Waals surface area contributed by atoms with Crippen LogP contribution in [0.5, 0.6) is 0 Å². The van der Waals surface area contributed by atoms with Gasteiger partial charge in [0.2, 0.25) is 5.91 Å². The predicted molar refractivity (Wildman–Crippen MR) is 86.6 cm³/mol. The van der Waals surface area contributed by atoms with E-state index in [0.29, 0.717) is 18.8 Å². The summed E-state index contributed by atoms with van der Waals surface area (Å²) in [7, 11) is 0. The Hall–Kier alpha value is -2.86. The third-order valence-electron chi connectivity index (χ3n) is 4.08. The molecular weight excluding hydrogens is 272 g/mol. The quantitative estimate of drug-likeness (QED) is 0.607. The van der Waals surface area contributed by atoms with Gasteiger partial charge >= 0.3 is 0 Å². The standard InChI is InChI=1S/C19H16N2O/c1-3-19(22)21-12-15-11-16(20-2)9-10-17(15)18(13-21)14-7-5-4-6-8-14/h3-11,18H,1,12-13H2/t18-/m1/s1. The SMILES string of the molecule is [C-]#[N+]c1ccc2c(c1)CN(C(=O)C=C)C[C@@H]2c1ccccc1. The minimum atomic E-state index is -0.0696. The number of rotatable bonds is 2. The Morgan fingerprint density at radius 2 is 2.05 bits per heavy atom. The maximum absolute atomic E-state index is 12.1. The first-order valence-electron chi connectivity index (χ1n) is 7.19. The highest BCUT2D eigenvalue weighted by molar-refractivity contribution is 5.87. The molecule has 1 heterocycles. The monoisotopic (exact) mass is 288 g/mol. The Labute approximate surface area is 130 Å². The fourth-order valence-corrected chi connectivity index (χ4v) is 2.99.